The van der Waals surface area contributed by atoms with Crippen LogP contribution < -0.4 is 15.8 Å². The molecule has 1 aliphatic heterocycles. The van der Waals surface area contributed by atoms with Gasteiger partial charge in [0.1, 0.15) is 11.6 Å². The summed E-state index contributed by atoms with van der Waals surface area (Å²) >= 11 is 0. The van der Waals surface area contributed by atoms with Crippen molar-refractivity contribution in [3.63, 3.8) is 0 Å². The molecule has 1 saturated heterocycles. The maximum atomic E-state index is 13.3. The van der Waals surface area contributed by atoms with Gasteiger partial charge < -0.3 is 25.3 Å². The monoisotopic (exact) mass is 560 g/mol. The molecule has 0 saturated carbocycles. The Balaban J connectivity index is 0.000000189. The minimum Gasteiger partial charge on any atom is -0.494 e. The average Bonchev–Trinajstić information content (AvgIpc) is 3.04. The van der Waals surface area contributed by atoms with Gasteiger partial charge in [-0.25, -0.2) is 9.18 Å². The lowest BCUT2D eigenvalue weighted by molar-refractivity contribution is 0.0601. The summed E-state index contributed by atoms with van der Waals surface area (Å²) in [6.45, 7) is 4.48. The number of ether oxygens (including phenoxy) is 3. The van der Waals surface area contributed by atoms with E-state index in [4.69, 9.17) is 15.2 Å². The van der Waals surface area contributed by atoms with Crippen LogP contribution in [-0.4, -0.2) is 39.4 Å². The van der Waals surface area contributed by atoms with Crippen LogP contribution in [-0.2, 0) is 22.6 Å². The second-order valence-electron chi connectivity index (χ2n) is 9.56. The van der Waals surface area contributed by atoms with E-state index in [9.17, 15) is 9.18 Å². The van der Waals surface area contributed by atoms with E-state index in [0.717, 1.165) is 28.5 Å². The van der Waals surface area contributed by atoms with Crippen LogP contribution in [0.2, 0.25) is 0 Å². The summed E-state index contributed by atoms with van der Waals surface area (Å²) in [5.74, 6) is 0.324. The van der Waals surface area contributed by atoms with Crippen LogP contribution in [0.4, 0.5) is 4.39 Å². The van der Waals surface area contributed by atoms with Crippen molar-refractivity contribution in [1.29, 1.82) is 0 Å². The third kappa shape index (κ3) is 11.7. The third-order valence-electron chi connectivity index (χ3n) is 6.43. The van der Waals surface area contributed by atoms with Crippen molar-refractivity contribution in [3.8, 4) is 5.75 Å². The van der Waals surface area contributed by atoms with Gasteiger partial charge in [0.25, 0.3) is 0 Å². The molecule has 6 nitrogen and oxygen atoms in total. The molecule has 0 aliphatic carbocycles. The molecule has 0 amide bonds. The Hall–Kier alpha value is -3.78. The molecular formula is C34H41FN2O4. The number of piperidine rings is 1. The summed E-state index contributed by atoms with van der Waals surface area (Å²) in [4.78, 5) is 11.3. The zero-order valence-electron chi connectivity index (χ0n) is 23.8. The third-order valence-corrected chi connectivity index (χ3v) is 6.43. The highest BCUT2D eigenvalue weighted by Crippen LogP contribution is 2.18. The molecule has 5 rings (SSSR count). The number of halogens is 1. The Morgan fingerprint density at radius 3 is 2.22 bits per heavy atom. The predicted molar refractivity (Wildman–Crippen MR) is 163 cm³/mol. The Morgan fingerprint density at radius 2 is 1.56 bits per heavy atom. The zero-order valence-corrected chi connectivity index (χ0v) is 23.8. The fourth-order valence-corrected chi connectivity index (χ4v) is 4.13. The van der Waals surface area contributed by atoms with Crippen molar-refractivity contribution in [1.82, 2.24) is 5.32 Å². The molecule has 1 aliphatic rings. The van der Waals surface area contributed by atoms with E-state index < -0.39 is 0 Å². The highest BCUT2D eigenvalue weighted by Gasteiger charge is 2.06. The van der Waals surface area contributed by atoms with Gasteiger partial charge in [-0.15, -0.1) is 0 Å². The zero-order chi connectivity index (χ0) is 29.1. The fraction of sp³-hybridized carbons (Fsp3) is 0.324. The van der Waals surface area contributed by atoms with Crippen molar-refractivity contribution in [2.75, 3.05) is 33.4 Å². The van der Waals surface area contributed by atoms with Crippen LogP contribution in [0.15, 0.2) is 91.0 Å². The topological polar surface area (TPSA) is 82.8 Å². The fourth-order valence-electron chi connectivity index (χ4n) is 4.13. The number of methoxy groups -OCH3 is 1. The number of hydrogen-bond donors (Lipinski definition) is 2. The van der Waals surface area contributed by atoms with Gasteiger partial charge >= 0.3 is 5.97 Å². The van der Waals surface area contributed by atoms with Crippen LogP contribution in [0.1, 0.15) is 47.2 Å². The van der Waals surface area contributed by atoms with Crippen molar-refractivity contribution in [2.24, 2.45) is 5.73 Å². The molecule has 0 aromatic heterocycles. The molecule has 0 unspecified atom stereocenters. The maximum Gasteiger partial charge on any atom is 0.337 e. The summed E-state index contributed by atoms with van der Waals surface area (Å²) in [5.41, 5.74) is 7.80. The number of para-hydroxylation sites is 1. The molecule has 218 valence electrons. The molecule has 1 fully saturated rings. The molecule has 7 heteroatoms. The van der Waals surface area contributed by atoms with Gasteiger partial charge in [-0.2, -0.15) is 0 Å². The molecule has 41 heavy (non-hydrogen) atoms. The van der Waals surface area contributed by atoms with Crippen LogP contribution in [0.25, 0.3) is 10.8 Å². The van der Waals surface area contributed by atoms with Crippen LogP contribution in [0.5, 0.6) is 5.75 Å². The van der Waals surface area contributed by atoms with E-state index in [1.54, 1.807) is 24.3 Å². The molecule has 1 heterocycles. The maximum absolute atomic E-state index is 13.3. The van der Waals surface area contributed by atoms with E-state index in [0.29, 0.717) is 37.5 Å². The predicted octanol–water partition coefficient (Wildman–Crippen LogP) is 6.66. The van der Waals surface area contributed by atoms with Gasteiger partial charge in [-0.05, 0) is 78.7 Å². The largest absolute Gasteiger partial charge is 0.494 e. The second kappa shape index (κ2) is 18.5. The van der Waals surface area contributed by atoms with E-state index in [2.05, 4.69) is 10.1 Å². The van der Waals surface area contributed by atoms with E-state index in [1.165, 1.54) is 45.5 Å². The van der Waals surface area contributed by atoms with Crippen molar-refractivity contribution in [3.05, 3.63) is 114 Å². The Kier molecular flexibility index (Phi) is 14.4. The lowest BCUT2D eigenvalue weighted by atomic mass is 10.0. The number of carbonyl (C=O) groups is 1. The molecule has 0 bridgehead atoms. The van der Waals surface area contributed by atoms with E-state index >= 15 is 0 Å². The number of benzene rings is 4. The SMILES string of the molecule is C1CCNCC1.COC(=O)c1ccc2cc(CN)ccc2c1.Fc1ccccc1COCCCOc1ccccc1. The normalized spacial score (nSPS) is 12.4. The highest BCUT2D eigenvalue weighted by atomic mass is 19.1. The summed E-state index contributed by atoms with van der Waals surface area (Å²) in [7, 11) is 1.38. The number of carbonyl (C=O) groups excluding carboxylic acids is 1. The van der Waals surface area contributed by atoms with Gasteiger partial charge in [-0.3, -0.25) is 0 Å². The van der Waals surface area contributed by atoms with Gasteiger partial charge in [0.2, 0.25) is 0 Å². The first kappa shape index (κ1) is 31.7. The quantitative estimate of drug-likeness (QED) is 0.176. The molecule has 4 aromatic carbocycles. The minimum absolute atomic E-state index is 0.219. The van der Waals surface area contributed by atoms with Crippen molar-refractivity contribution >= 4 is 16.7 Å². The first-order valence-electron chi connectivity index (χ1n) is 14.1. The number of hydrogen-bond acceptors (Lipinski definition) is 6. The van der Waals surface area contributed by atoms with Gasteiger partial charge in [0.15, 0.2) is 0 Å². The molecule has 0 radical (unpaired) electrons. The lowest BCUT2D eigenvalue weighted by Gasteiger charge is -2.08. The number of nitrogens with one attached hydrogen (secondary N) is 1. The Labute approximate surface area is 242 Å². The summed E-state index contributed by atoms with van der Waals surface area (Å²) in [6, 6.07) is 27.7. The van der Waals surface area contributed by atoms with Crippen molar-refractivity contribution in [2.45, 2.75) is 38.8 Å². The summed E-state index contributed by atoms with van der Waals surface area (Å²) < 4.78 is 28.9. The van der Waals surface area contributed by atoms with Crippen LogP contribution in [0.3, 0.4) is 0 Å². The summed E-state index contributed by atoms with van der Waals surface area (Å²) in [6.07, 6.45) is 5.00. The van der Waals surface area contributed by atoms with Gasteiger partial charge in [-0.1, -0.05) is 61.0 Å². The number of esters is 1. The minimum atomic E-state index is -0.315. The number of rotatable bonds is 9. The first-order chi connectivity index (χ1) is 20.1. The summed E-state index contributed by atoms with van der Waals surface area (Å²) in [5, 5.41) is 5.38. The van der Waals surface area contributed by atoms with E-state index in [-0.39, 0.29) is 11.8 Å². The molecule has 3 N–H and O–H groups in total. The number of fused-ring (bicyclic) bond motifs is 1. The molecule has 0 atom stereocenters. The highest BCUT2D eigenvalue weighted by molar-refractivity contribution is 5.95. The lowest BCUT2D eigenvalue weighted by Crippen LogP contribution is -2.21. The van der Waals surface area contributed by atoms with Crippen molar-refractivity contribution < 1.29 is 23.4 Å². The van der Waals surface area contributed by atoms with E-state index in [1.807, 2.05) is 60.7 Å². The molecular weight excluding hydrogens is 519 g/mol. The average molecular weight is 561 g/mol. The molecule has 4 aromatic rings. The van der Waals surface area contributed by atoms with Crippen LogP contribution >= 0.6 is 0 Å². The standard InChI is InChI=1S/C16H17FO2.C13H13NO2.C5H11N/c17-16-10-5-4-7-14(16)13-18-11-6-12-19-15-8-2-1-3-9-15;1-16-13(15)12-5-4-10-6-9(8-14)2-3-11(10)7-12;1-2-4-6-5-3-1/h1-5,7-10H,6,11-13H2;2-7H,8,14H2,1H3;6H,1-5H2. The smallest absolute Gasteiger partial charge is 0.337 e. The van der Waals surface area contributed by atoms with Gasteiger partial charge in [0, 0.05) is 18.5 Å². The second-order valence-corrected chi connectivity index (χ2v) is 9.56. The van der Waals surface area contributed by atoms with Crippen LogP contribution in [0, 0.1) is 5.82 Å². The Morgan fingerprint density at radius 1 is 0.854 bits per heavy atom. The number of nitrogens with two attached hydrogens (primary N) is 1. The first-order valence-corrected chi connectivity index (χ1v) is 14.1. The van der Waals surface area contributed by atoms with Gasteiger partial charge in [0.05, 0.1) is 32.5 Å². The molecule has 0 spiro atoms. The Bertz CT molecular complexity index is 1300.